The Kier molecular flexibility index (Phi) is 5.67. The van der Waals surface area contributed by atoms with Gasteiger partial charge >= 0.3 is 0 Å². The summed E-state index contributed by atoms with van der Waals surface area (Å²) in [4.78, 5) is 0.230. The number of hydrogen-bond acceptors (Lipinski definition) is 3. The van der Waals surface area contributed by atoms with Crippen molar-refractivity contribution in [3.05, 3.63) is 53.1 Å². The second kappa shape index (κ2) is 7.19. The summed E-state index contributed by atoms with van der Waals surface area (Å²) in [6, 6.07) is 10.8. The van der Waals surface area contributed by atoms with Crippen molar-refractivity contribution in [1.29, 1.82) is 0 Å². The fraction of sp³-hybridized carbons (Fsp3) is 0.455. The van der Waals surface area contributed by atoms with Crippen molar-refractivity contribution in [2.75, 3.05) is 11.8 Å². The number of anilines is 1. The lowest BCUT2D eigenvalue weighted by Crippen LogP contribution is -2.20. The first-order chi connectivity index (χ1) is 12.3. The Hall–Kier alpha value is -2.01. The topological polar surface area (TPSA) is 55.4 Å². The lowest BCUT2D eigenvalue weighted by molar-refractivity contribution is 0.398. The first-order valence-electron chi connectivity index (χ1n) is 9.08. The molecule has 148 valence electrons. The lowest BCUT2D eigenvalue weighted by atomic mass is 9.80. The molecule has 27 heavy (non-hydrogen) atoms. The molecule has 0 aliphatic heterocycles. The molecule has 0 fully saturated rings. The highest BCUT2D eigenvalue weighted by Crippen LogP contribution is 2.41. The largest absolute Gasteiger partial charge is 0.494 e. The summed E-state index contributed by atoms with van der Waals surface area (Å²) < 4.78 is 34.3. The number of nitrogens with one attached hydrogen (secondary N) is 1. The third-order valence-corrected chi connectivity index (χ3v) is 5.92. The molecule has 2 aromatic carbocycles. The summed E-state index contributed by atoms with van der Waals surface area (Å²) in [5.74, 6) is 0.561. The van der Waals surface area contributed by atoms with Crippen molar-refractivity contribution in [1.82, 2.24) is 0 Å². The molecule has 0 atom stereocenters. The SMILES string of the molecule is COc1c(NS(=O)(=O)c2ccc(C)cc2)cc(C(C)(C)C)cc1C(C)(C)C. The third-order valence-electron chi connectivity index (χ3n) is 4.54. The van der Waals surface area contributed by atoms with Crippen LogP contribution in [0.5, 0.6) is 5.75 Å². The van der Waals surface area contributed by atoms with Gasteiger partial charge in [0.15, 0.2) is 0 Å². The highest BCUT2D eigenvalue weighted by atomic mass is 32.2. The molecule has 2 rings (SSSR count). The van der Waals surface area contributed by atoms with Crippen LogP contribution in [0.4, 0.5) is 5.69 Å². The number of methoxy groups -OCH3 is 1. The fourth-order valence-electron chi connectivity index (χ4n) is 2.84. The molecule has 0 spiro atoms. The number of benzene rings is 2. The highest BCUT2D eigenvalue weighted by Gasteiger charge is 2.27. The Morgan fingerprint density at radius 2 is 1.44 bits per heavy atom. The Morgan fingerprint density at radius 3 is 1.89 bits per heavy atom. The van der Waals surface area contributed by atoms with Gasteiger partial charge in [0, 0.05) is 5.56 Å². The molecule has 0 unspecified atom stereocenters. The van der Waals surface area contributed by atoms with Crippen LogP contribution in [-0.2, 0) is 20.9 Å². The van der Waals surface area contributed by atoms with Crippen molar-refractivity contribution in [2.45, 2.75) is 64.2 Å². The summed E-state index contributed by atoms with van der Waals surface area (Å²) in [5, 5.41) is 0. The maximum absolute atomic E-state index is 12.9. The molecule has 0 aliphatic rings. The zero-order valence-corrected chi connectivity index (χ0v) is 18.4. The molecule has 5 heteroatoms. The van der Waals surface area contributed by atoms with E-state index >= 15 is 0 Å². The van der Waals surface area contributed by atoms with Crippen LogP contribution in [0.3, 0.4) is 0 Å². The van der Waals surface area contributed by atoms with Gasteiger partial charge < -0.3 is 4.74 Å². The zero-order valence-electron chi connectivity index (χ0n) is 17.6. The standard InChI is InChI=1S/C22H31NO3S/c1-15-9-11-17(12-10-15)27(24,25)23-19-14-16(21(2,3)4)13-18(20(19)26-8)22(5,6)7/h9-14,23H,1-8H3. The van der Waals surface area contributed by atoms with E-state index in [2.05, 4.69) is 52.3 Å². The molecule has 1 N–H and O–H groups in total. The highest BCUT2D eigenvalue weighted by molar-refractivity contribution is 7.92. The van der Waals surface area contributed by atoms with Gasteiger partial charge in [0.1, 0.15) is 5.75 Å². The second-order valence-corrected chi connectivity index (χ2v) is 10.7. The molecule has 0 aliphatic carbocycles. The maximum Gasteiger partial charge on any atom is 0.262 e. The summed E-state index contributed by atoms with van der Waals surface area (Å²) in [6.45, 7) is 14.5. The zero-order chi connectivity index (χ0) is 20.6. The van der Waals surface area contributed by atoms with E-state index in [0.29, 0.717) is 11.4 Å². The normalized spacial score (nSPS) is 12.7. The molecular weight excluding hydrogens is 358 g/mol. The van der Waals surface area contributed by atoms with Crippen molar-refractivity contribution in [2.24, 2.45) is 0 Å². The van der Waals surface area contributed by atoms with Crippen LogP contribution < -0.4 is 9.46 Å². The van der Waals surface area contributed by atoms with Gasteiger partial charge in [-0.3, -0.25) is 4.72 Å². The number of aryl methyl sites for hydroxylation is 1. The summed E-state index contributed by atoms with van der Waals surface area (Å²) in [7, 11) is -2.14. The fourth-order valence-corrected chi connectivity index (χ4v) is 3.89. The van der Waals surface area contributed by atoms with Gasteiger partial charge in [-0.25, -0.2) is 8.42 Å². The first-order valence-corrected chi connectivity index (χ1v) is 10.6. The molecular formula is C22H31NO3S. The summed E-state index contributed by atoms with van der Waals surface area (Å²) in [5.41, 5.74) is 3.17. The van der Waals surface area contributed by atoms with Gasteiger partial charge in [-0.1, -0.05) is 65.3 Å². The predicted molar refractivity (Wildman–Crippen MR) is 112 cm³/mol. The minimum atomic E-state index is -3.72. The van der Waals surface area contributed by atoms with E-state index in [9.17, 15) is 8.42 Å². The molecule has 0 heterocycles. The molecule has 0 bridgehead atoms. The Morgan fingerprint density at radius 1 is 0.889 bits per heavy atom. The van der Waals surface area contributed by atoms with E-state index in [1.54, 1.807) is 31.4 Å². The average Bonchev–Trinajstić information content (AvgIpc) is 2.52. The Balaban J connectivity index is 2.65. The van der Waals surface area contributed by atoms with Crippen molar-refractivity contribution >= 4 is 15.7 Å². The quantitative estimate of drug-likeness (QED) is 0.762. The molecule has 0 saturated carbocycles. The van der Waals surface area contributed by atoms with Crippen molar-refractivity contribution in [3.8, 4) is 5.75 Å². The molecule has 0 aromatic heterocycles. The van der Waals surface area contributed by atoms with Gasteiger partial charge in [-0.15, -0.1) is 0 Å². The van der Waals surface area contributed by atoms with Gasteiger partial charge in [0.05, 0.1) is 17.7 Å². The smallest absolute Gasteiger partial charge is 0.262 e. The van der Waals surface area contributed by atoms with Gasteiger partial charge in [-0.2, -0.15) is 0 Å². The molecule has 0 saturated heterocycles. The van der Waals surface area contributed by atoms with Gasteiger partial charge in [0.2, 0.25) is 0 Å². The molecule has 0 radical (unpaired) electrons. The molecule has 2 aromatic rings. The minimum absolute atomic E-state index is 0.129. The van der Waals surface area contributed by atoms with E-state index in [-0.39, 0.29) is 15.7 Å². The van der Waals surface area contributed by atoms with Crippen molar-refractivity contribution < 1.29 is 13.2 Å². The van der Waals surface area contributed by atoms with E-state index in [1.165, 1.54) is 0 Å². The number of ether oxygens (including phenoxy) is 1. The Bertz CT molecular complexity index is 916. The summed E-state index contributed by atoms with van der Waals surface area (Å²) in [6.07, 6.45) is 0. The first kappa shape index (κ1) is 21.3. The van der Waals surface area contributed by atoms with Gasteiger partial charge in [0.25, 0.3) is 10.0 Å². The third kappa shape index (κ3) is 4.83. The monoisotopic (exact) mass is 389 g/mol. The molecule has 0 amide bonds. The van der Waals surface area contributed by atoms with Crippen LogP contribution in [-0.4, -0.2) is 15.5 Å². The van der Waals surface area contributed by atoms with Gasteiger partial charge in [-0.05, 0) is 41.5 Å². The van der Waals surface area contributed by atoms with Crippen LogP contribution in [0, 0.1) is 6.92 Å². The van der Waals surface area contributed by atoms with Crippen LogP contribution in [0.1, 0.15) is 58.2 Å². The summed E-state index contributed by atoms with van der Waals surface area (Å²) >= 11 is 0. The average molecular weight is 390 g/mol. The minimum Gasteiger partial charge on any atom is -0.494 e. The lowest BCUT2D eigenvalue weighted by Gasteiger charge is -2.29. The van der Waals surface area contributed by atoms with Crippen LogP contribution >= 0.6 is 0 Å². The maximum atomic E-state index is 12.9. The van der Waals surface area contributed by atoms with Crippen LogP contribution in [0.15, 0.2) is 41.3 Å². The van der Waals surface area contributed by atoms with E-state index in [1.807, 2.05) is 13.0 Å². The second-order valence-electron chi connectivity index (χ2n) is 9.02. The molecule has 4 nitrogen and oxygen atoms in total. The van der Waals surface area contributed by atoms with Crippen LogP contribution in [0.2, 0.25) is 0 Å². The predicted octanol–water partition coefficient (Wildman–Crippen LogP) is 5.40. The number of rotatable bonds is 4. The van der Waals surface area contributed by atoms with E-state index in [0.717, 1.165) is 16.7 Å². The Labute approximate surface area is 164 Å². The number of sulfonamides is 1. The van der Waals surface area contributed by atoms with Crippen molar-refractivity contribution in [3.63, 3.8) is 0 Å². The number of hydrogen-bond donors (Lipinski definition) is 1. The van der Waals surface area contributed by atoms with E-state index in [4.69, 9.17) is 4.74 Å². The van der Waals surface area contributed by atoms with Crippen LogP contribution in [0.25, 0.3) is 0 Å². The van der Waals surface area contributed by atoms with E-state index < -0.39 is 10.0 Å².